The molecule has 0 radical (unpaired) electrons. The normalized spacial score (nSPS) is 10.8. The fraction of sp³-hybridized carbons (Fsp3) is 0.538. The second-order valence-electron chi connectivity index (χ2n) is 3.95. The van der Waals surface area contributed by atoms with E-state index in [1.807, 2.05) is 6.07 Å². The van der Waals surface area contributed by atoms with Gasteiger partial charge >= 0.3 is 0 Å². The van der Waals surface area contributed by atoms with Gasteiger partial charge < -0.3 is 10.1 Å². The van der Waals surface area contributed by atoms with Gasteiger partial charge in [-0.15, -0.1) is 0 Å². The minimum Gasteiger partial charge on any atom is -0.383 e. The average molecular weight is 321 g/mol. The van der Waals surface area contributed by atoms with Gasteiger partial charge in [0.05, 0.1) is 11.6 Å². The Bertz CT molecular complexity index is 333. The maximum absolute atomic E-state index is 5.94. The third kappa shape index (κ3) is 6.41. The SMILES string of the molecule is COCCNCCCCc1ccc(Cl)c(Br)c1. The second kappa shape index (κ2) is 8.92. The molecule has 0 spiro atoms. The highest BCUT2D eigenvalue weighted by Crippen LogP contribution is 2.23. The number of halogens is 2. The molecular formula is C13H19BrClNO. The molecule has 0 aromatic heterocycles. The summed E-state index contributed by atoms with van der Waals surface area (Å²) >= 11 is 9.38. The van der Waals surface area contributed by atoms with Crippen molar-refractivity contribution in [2.24, 2.45) is 0 Å². The maximum atomic E-state index is 5.94. The van der Waals surface area contributed by atoms with Crippen LogP contribution in [0, 0.1) is 0 Å². The van der Waals surface area contributed by atoms with Crippen LogP contribution in [0.25, 0.3) is 0 Å². The molecular weight excluding hydrogens is 302 g/mol. The quantitative estimate of drug-likeness (QED) is 0.738. The summed E-state index contributed by atoms with van der Waals surface area (Å²) in [7, 11) is 1.72. The molecule has 0 heterocycles. The first-order chi connectivity index (χ1) is 8.24. The highest BCUT2D eigenvalue weighted by molar-refractivity contribution is 9.10. The lowest BCUT2D eigenvalue weighted by Crippen LogP contribution is -2.20. The summed E-state index contributed by atoms with van der Waals surface area (Å²) in [6.07, 6.45) is 3.47. The highest BCUT2D eigenvalue weighted by atomic mass is 79.9. The Morgan fingerprint density at radius 1 is 1.29 bits per heavy atom. The predicted octanol–water partition coefficient (Wildman–Crippen LogP) is 3.66. The van der Waals surface area contributed by atoms with E-state index in [0.29, 0.717) is 0 Å². The standard InChI is InChI=1S/C13H19BrClNO/c1-17-9-8-16-7-3-2-4-11-5-6-13(15)12(14)10-11/h5-6,10,16H,2-4,7-9H2,1H3. The van der Waals surface area contributed by atoms with Crippen LogP contribution in [0.2, 0.25) is 5.02 Å². The first kappa shape index (κ1) is 15.0. The molecule has 4 heteroatoms. The van der Waals surface area contributed by atoms with E-state index >= 15 is 0 Å². The molecule has 1 aromatic rings. The van der Waals surface area contributed by atoms with Crippen molar-refractivity contribution in [2.45, 2.75) is 19.3 Å². The Hall–Kier alpha value is -0.0900. The predicted molar refractivity (Wildman–Crippen MR) is 76.8 cm³/mol. The monoisotopic (exact) mass is 319 g/mol. The number of nitrogens with one attached hydrogen (secondary N) is 1. The first-order valence-electron chi connectivity index (χ1n) is 5.87. The molecule has 0 unspecified atom stereocenters. The van der Waals surface area contributed by atoms with E-state index in [9.17, 15) is 0 Å². The van der Waals surface area contributed by atoms with Gasteiger partial charge in [-0.2, -0.15) is 0 Å². The molecule has 1 rings (SSSR count). The van der Waals surface area contributed by atoms with Crippen LogP contribution in [0.15, 0.2) is 22.7 Å². The van der Waals surface area contributed by atoms with E-state index in [1.54, 1.807) is 7.11 Å². The first-order valence-corrected chi connectivity index (χ1v) is 7.04. The molecule has 96 valence electrons. The molecule has 0 aliphatic rings. The van der Waals surface area contributed by atoms with Crippen molar-refractivity contribution in [1.82, 2.24) is 5.32 Å². The van der Waals surface area contributed by atoms with Gasteiger partial charge in [-0.1, -0.05) is 17.7 Å². The third-order valence-corrected chi connectivity index (χ3v) is 3.75. The van der Waals surface area contributed by atoms with Crippen molar-refractivity contribution in [3.05, 3.63) is 33.3 Å². The number of rotatable bonds is 8. The zero-order valence-electron chi connectivity index (χ0n) is 10.1. The van der Waals surface area contributed by atoms with E-state index in [4.69, 9.17) is 16.3 Å². The summed E-state index contributed by atoms with van der Waals surface area (Å²) in [6.45, 7) is 2.77. The van der Waals surface area contributed by atoms with Crippen LogP contribution in [0.5, 0.6) is 0 Å². The molecule has 2 nitrogen and oxygen atoms in total. The summed E-state index contributed by atoms with van der Waals surface area (Å²) in [6, 6.07) is 6.13. The molecule has 0 bridgehead atoms. The van der Waals surface area contributed by atoms with Gasteiger partial charge in [0, 0.05) is 18.1 Å². The topological polar surface area (TPSA) is 21.3 Å². The number of benzene rings is 1. The van der Waals surface area contributed by atoms with E-state index in [-0.39, 0.29) is 0 Å². The van der Waals surface area contributed by atoms with Crippen molar-refractivity contribution in [3.8, 4) is 0 Å². The second-order valence-corrected chi connectivity index (χ2v) is 5.21. The van der Waals surface area contributed by atoms with Gasteiger partial charge in [-0.05, 0) is 59.4 Å². The Labute approximate surface area is 117 Å². The summed E-state index contributed by atoms with van der Waals surface area (Å²) in [5, 5.41) is 4.11. The number of unbranched alkanes of at least 4 members (excludes halogenated alkanes) is 1. The van der Waals surface area contributed by atoms with Crippen LogP contribution in [-0.4, -0.2) is 26.8 Å². The van der Waals surface area contributed by atoms with Crippen LogP contribution in [0.3, 0.4) is 0 Å². The maximum Gasteiger partial charge on any atom is 0.0587 e. The largest absolute Gasteiger partial charge is 0.383 e. The number of ether oxygens (including phenoxy) is 1. The van der Waals surface area contributed by atoms with Crippen LogP contribution in [0.1, 0.15) is 18.4 Å². The fourth-order valence-corrected chi connectivity index (χ4v) is 2.12. The minimum absolute atomic E-state index is 0.773. The Morgan fingerprint density at radius 2 is 2.12 bits per heavy atom. The molecule has 1 aromatic carbocycles. The smallest absolute Gasteiger partial charge is 0.0587 e. The number of methoxy groups -OCH3 is 1. The van der Waals surface area contributed by atoms with Crippen molar-refractivity contribution >= 4 is 27.5 Å². The van der Waals surface area contributed by atoms with Gasteiger partial charge in [0.1, 0.15) is 0 Å². The number of hydrogen-bond donors (Lipinski definition) is 1. The zero-order valence-corrected chi connectivity index (χ0v) is 12.5. The summed E-state index contributed by atoms with van der Waals surface area (Å²) in [4.78, 5) is 0. The van der Waals surface area contributed by atoms with E-state index < -0.39 is 0 Å². The molecule has 0 fully saturated rings. The molecule has 0 amide bonds. The van der Waals surface area contributed by atoms with Crippen molar-refractivity contribution in [3.63, 3.8) is 0 Å². The Kier molecular flexibility index (Phi) is 7.86. The van der Waals surface area contributed by atoms with E-state index in [1.165, 1.54) is 18.4 Å². The fourth-order valence-electron chi connectivity index (χ4n) is 1.57. The average Bonchev–Trinajstić information content (AvgIpc) is 2.32. The Balaban J connectivity index is 2.11. The molecule has 0 atom stereocenters. The lowest BCUT2D eigenvalue weighted by atomic mass is 10.1. The van der Waals surface area contributed by atoms with Crippen molar-refractivity contribution in [1.29, 1.82) is 0 Å². The van der Waals surface area contributed by atoms with Gasteiger partial charge in [-0.3, -0.25) is 0 Å². The molecule has 0 saturated carbocycles. The third-order valence-electron chi connectivity index (χ3n) is 2.54. The highest BCUT2D eigenvalue weighted by Gasteiger charge is 1.99. The molecule has 1 N–H and O–H groups in total. The van der Waals surface area contributed by atoms with Gasteiger partial charge in [0.2, 0.25) is 0 Å². The molecule has 17 heavy (non-hydrogen) atoms. The summed E-state index contributed by atoms with van der Waals surface area (Å²) in [5.41, 5.74) is 1.33. The minimum atomic E-state index is 0.773. The van der Waals surface area contributed by atoms with Crippen LogP contribution in [0.4, 0.5) is 0 Å². The lowest BCUT2D eigenvalue weighted by Gasteiger charge is -2.05. The zero-order chi connectivity index (χ0) is 12.5. The number of aryl methyl sites for hydroxylation is 1. The van der Waals surface area contributed by atoms with Gasteiger partial charge in [-0.25, -0.2) is 0 Å². The summed E-state index contributed by atoms with van der Waals surface area (Å²) < 4.78 is 5.94. The van der Waals surface area contributed by atoms with Crippen molar-refractivity contribution < 1.29 is 4.74 Å². The Morgan fingerprint density at radius 3 is 2.82 bits per heavy atom. The van der Waals surface area contributed by atoms with Gasteiger partial charge in [0.15, 0.2) is 0 Å². The van der Waals surface area contributed by atoms with Crippen molar-refractivity contribution in [2.75, 3.05) is 26.8 Å². The summed E-state index contributed by atoms with van der Waals surface area (Å²) in [5.74, 6) is 0. The van der Waals surface area contributed by atoms with Crippen LogP contribution in [-0.2, 0) is 11.2 Å². The van der Waals surface area contributed by atoms with Crippen LogP contribution < -0.4 is 5.32 Å². The van der Waals surface area contributed by atoms with E-state index in [0.717, 1.165) is 35.6 Å². The van der Waals surface area contributed by atoms with Crippen LogP contribution >= 0.6 is 27.5 Å². The molecule has 0 aliphatic carbocycles. The molecule has 0 saturated heterocycles. The molecule has 0 aliphatic heterocycles. The van der Waals surface area contributed by atoms with E-state index in [2.05, 4.69) is 33.4 Å². The van der Waals surface area contributed by atoms with Gasteiger partial charge in [0.25, 0.3) is 0 Å². The number of hydrogen-bond acceptors (Lipinski definition) is 2. The lowest BCUT2D eigenvalue weighted by molar-refractivity contribution is 0.199.